The lowest BCUT2D eigenvalue weighted by atomic mass is 10.1. The number of hydrogen-bond acceptors (Lipinski definition) is 2. The molecule has 22 heavy (non-hydrogen) atoms. The summed E-state index contributed by atoms with van der Waals surface area (Å²) in [7, 11) is 0. The van der Waals surface area contributed by atoms with Crippen molar-refractivity contribution in [3.8, 4) is 0 Å². The van der Waals surface area contributed by atoms with Crippen LogP contribution in [0.2, 0.25) is 0 Å². The van der Waals surface area contributed by atoms with E-state index in [0.717, 1.165) is 24.5 Å². The molecule has 2 saturated carbocycles. The van der Waals surface area contributed by atoms with Gasteiger partial charge in [0.1, 0.15) is 0 Å². The number of rotatable bonds is 6. The zero-order valence-corrected chi connectivity index (χ0v) is 16.5. The van der Waals surface area contributed by atoms with E-state index in [-0.39, 0.29) is 24.0 Å². The second-order valence-electron chi connectivity index (χ2n) is 7.04. The zero-order valence-electron chi connectivity index (χ0n) is 14.2. The van der Waals surface area contributed by atoms with E-state index in [9.17, 15) is 0 Å². The highest BCUT2D eigenvalue weighted by Crippen LogP contribution is 2.34. The van der Waals surface area contributed by atoms with Gasteiger partial charge in [0.05, 0.1) is 0 Å². The highest BCUT2D eigenvalue weighted by molar-refractivity contribution is 14.0. The van der Waals surface area contributed by atoms with Crippen molar-refractivity contribution in [2.75, 3.05) is 19.6 Å². The number of likely N-dealkylation sites (tertiary alicyclic amines) is 1. The molecule has 4 nitrogen and oxygen atoms in total. The number of hydrogen-bond donors (Lipinski definition) is 2. The van der Waals surface area contributed by atoms with Crippen molar-refractivity contribution in [2.45, 2.75) is 76.9 Å². The van der Waals surface area contributed by atoms with Gasteiger partial charge in [-0.15, -0.1) is 24.0 Å². The second-order valence-corrected chi connectivity index (χ2v) is 7.04. The number of aliphatic imine (C=N–C) groups is 1. The fraction of sp³-hybridized carbons (Fsp3) is 0.941. The summed E-state index contributed by atoms with van der Waals surface area (Å²) in [6.45, 7) is 7.80. The fourth-order valence-electron chi connectivity index (χ4n) is 3.62. The van der Waals surface area contributed by atoms with Gasteiger partial charge >= 0.3 is 0 Å². The molecule has 1 saturated heterocycles. The van der Waals surface area contributed by atoms with Crippen molar-refractivity contribution in [1.29, 1.82) is 0 Å². The van der Waals surface area contributed by atoms with E-state index in [1.807, 2.05) is 0 Å². The average Bonchev–Trinajstić information content (AvgIpc) is 3.37. The van der Waals surface area contributed by atoms with Crippen molar-refractivity contribution in [3.05, 3.63) is 0 Å². The molecule has 0 aromatic carbocycles. The van der Waals surface area contributed by atoms with Gasteiger partial charge in [-0.05, 0) is 51.4 Å². The molecule has 0 aromatic heterocycles. The highest BCUT2D eigenvalue weighted by atomic mass is 127. The maximum Gasteiger partial charge on any atom is 0.191 e. The second kappa shape index (κ2) is 8.71. The summed E-state index contributed by atoms with van der Waals surface area (Å²) in [5.41, 5.74) is 0. The third-order valence-corrected chi connectivity index (χ3v) is 5.15. The van der Waals surface area contributed by atoms with Gasteiger partial charge in [0.15, 0.2) is 5.96 Å². The Kier molecular flexibility index (Phi) is 7.25. The van der Waals surface area contributed by atoms with E-state index in [0.29, 0.717) is 12.1 Å². The van der Waals surface area contributed by atoms with Crippen LogP contribution in [0.1, 0.15) is 58.8 Å². The molecule has 0 amide bonds. The largest absolute Gasteiger partial charge is 0.354 e. The summed E-state index contributed by atoms with van der Waals surface area (Å²) in [5, 5.41) is 7.33. The Morgan fingerprint density at radius 1 is 1.09 bits per heavy atom. The van der Waals surface area contributed by atoms with Gasteiger partial charge in [-0.25, -0.2) is 0 Å². The summed E-state index contributed by atoms with van der Waals surface area (Å²) in [6.07, 6.45) is 9.39. The minimum absolute atomic E-state index is 0. The molecule has 1 heterocycles. The number of nitrogens with one attached hydrogen (secondary N) is 2. The van der Waals surface area contributed by atoms with E-state index in [1.165, 1.54) is 58.0 Å². The SMILES string of the molecule is CCCC1CC1NC(=NCC)NC1CCN(C2CC2)CC1.I. The Morgan fingerprint density at radius 2 is 1.82 bits per heavy atom. The van der Waals surface area contributed by atoms with E-state index in [1.54, 1.807) is 0 Å². The van der Waals surface area contributed by atoms with Crippen LogP contribution in [0.3, 0.4) is 0 Å². The Bertz CT molecular complexity index is 362. The van der Waals surface area contributed by atoms with E-state index < -0.39 is 0 Å². The maximum absolute atomic E-state index is 4.64. The molecular weight excluding hydrogens is 387 g/mol. The van der Waals surface area contributed by atoms with Crippen molar-refractivity contribution < 1.29 is 0 Å². The normalized spacial score (nSPS) is 29.8. The lowest BCUT2D eigenvalue weighted by molar-refractivity contribution is 0.197. The molecule has 2 atom stereocenters. The summed E-state index contributed by atoms with van der Waals surface area (Å²) < 4.78 is 0. The Morgan fingerprint density at radius 3 is 2.41 bits per heavy atom. The predicted molar refractivity (Wildman–Crippen MR) is 104 cm³/mol. The Labute approximate surface area is 152 Å². The molecule has 0 radical (unpaired) electrons. The van der Waals surface area contributed by atoms with Crippen LogP contribution in [0.15, 0.2) is 4.99 Å². The monoisotopic (exact) mass is 420 g/mol. The van der Waals surface area contributed by atoms with Crippen LogP contribution < -0.4 is 10.6 Å². The van der Waals surface area contributed by atoms with E-state index in [4.69, 9.17) is 0 Å². The Balaban J connectivity index is 0.00000176. The molecule has 3 rings (SSSR count). The summed E-state index contributed by atoms with van der Waals surface area (Å²) in [4.78, 5) is 7.32. The molecule has 5 heteroatoms. The maximum atomic E-state index is 4.64. The van der Waals surface area contributed by atoms with Crippen LogP contribution in [0.25, 0.3) is 0 Å². The molecule has 3 aliphatic rings. The van der Waals surface area contributed by atoms with Gasteiger partial charge in [-0.1, -0.05) is 13.3 Å². The first-order valence-corrected chi connectivity index (χ1v) is 9.11. The molecule has 3 fully saturated rings. The quantitative estimate of drug-likeness (QED) is 0.394. The molecule has 2 N–H and O–H groups in total. The third kappa shape index (κ3) is 5.25. The number of halogens is 1. The van der Waals surface area contributed by atoms with Crippen LogP contribution >= 0.6 is 24.0 Å². The van der Waals surface area contributed by atoms with Crippen LogP contribution in [0.5, 0.6) is 0 Å². The van der Waals surface area contributed by atoms with Crippen molar-refractivity contribution in [1.82, 2.24) is 15.5 Å². The molecule has 2 aliphatic carbocycles. The minimum atomic E-state index is 0. The standard InChI is InChI=1S/C17H32N4.HI/c1-3-5-13-12-16(13)20-17(18-4-2)19-14-8-10-21(11-9-14)15-6-7-15;/h13-16H,3-12H2,1-2H3,(H2,18,19,20);1H. The summed E-state index contributed by atoms with van der Waals surface area (Å²) in [6, 6.07) is 2.21. The molecular formula is C17H33IN4. The minimum Gasteiger partial charge on any atom is -0.354 e. The first-order chi connectivity index (χ1) is 10.3. The predicted octanol–water partition coefficient (Wildman–Crippen LogP) is 2.97. The van der Waals surface area contributed by atoms with Crippen LogP contribution in [0.4, 0.5) is 0 Å². The fourth-order valence-corrected chi connectivity index (χ4v) is 3.62. The van der Waals surface area contributed by atoms with Crippen LogP contribution in [-0.2, 0) is 0 Å². The van der Waals surface area contributed by atoms with Gasteiger partial charge in [0.2, 0.25) is 0 Å². The van der Waals surface area contributed by atoms with Crippen molar-refractivity contribution in [3.63, 3.8) is 0 Å². The van der Waals surface area contributed by atoms with Gasteiger partial charge in [0, 0.05) is 37.8 Å². The summed E-state index contributed by atoms with van der Waals surface area (Å²) in [5.74, 6) is 1.95. The molecule has 128 valence electrons. The van der Waals surface area contributed by atoms with Gasteiger partial charge in [-0.3, -0.25) is 4.99 Å². The highest BCUT2D eigenvalue weighted by Gasteiger charge is 2.37. The lowest BCUT2D eigenvalue weighted by Gasteiger charge is -2.33. The van der Waals surface area contributed by atoms with Gasteiger partial charge in [0.25, 0.3) is 0 Å². The van der Waals surface area contributed by atoms with Gasteiger partial charge < -0.3 is 15.5 Å². The molecule has 2 unspecified atom stereocenters. The first-order valence-electron chi connectivity index (χ1n) is 9.11. The number of nitrogens with zero attached hydrogens (tertiary/aromatic N) is 2. The molecule has 1 aliphatic heterocycles. The van der Waals surface area contributed by atoms with E-state index >= 15 is 0 Å². The van der Waals surface area contributed by atoms with Crippen molar-refractivity contribution >= 4 is 29.9 Å². The van der Waals surface area contributed by atoms with Crippen LogP contribution in [0, 0.1) is 5.92 Å². The molecule has 0 spiro atoms. The topological polar surface area (TPSA) is 39.7 Å². The van der Waals surface area contributed by atoms with E-state index in [2.05, 4.69) is 34.4 Å². The molecule has 0 aromatic rings. The zero-order chi connectivity index (χ0) is 14.7. The first kappa shape index (κ1) is 18.3. The summed E-state index contributed by atoms with van der Waals surface area (Å²) >= 11 is 0. The average molecular weight is 420 g/mol. The number of piperidine rings is 1. The Hall–Kier alpha value is -0.0400. The van der Waals surface area contributed by atoms with Crippen LogP contribution in [-0.4, -0.2) is 48.6 Å². The smallest absolute Gasteiger partial charge is 0.191 e. The molecule has 0 bridgehead atoms. The third-order valence-electron chi connectivity index (χ3n) is 5.15. The van der Waals surface area contributed by atoms with Crippen molar-refractivity contribution in [2.24, 2.45) is 10.9 Å². The lowest BCUT2D eigenvalue weighted by Crippen LogP contribution is -2.49. The van der Waals surface area contributed by atoms with Gasteiger partial charge in [-0.2, -0.15) is 0 Å². The number of guanidine groups is 1.